The van der Waals surface area contributed by atoms with Crippen molar-refractivity contribution in [3.63, 3.8) is 0 Å². The maximum Gasteiger partial charge on any atom is 0.123 e. The van der Waals surface area contributed by atoms with E-state index in [2.05, 4.69) is 32.2 Å². The lowest BCUT2D eigenvalue weighted by Gasteiger charge is -2.36. The molecule has 1 aliphatic carbocycles. The number of hydrogen-bond donors (Lipinski definition) is 2. The van der Waals surface area contributed by atoms with Crippen LogP contribution < -0.4 is 5.32 Å². The predicted molar refractivity (Wildman–Crippen MR) is 99.6 cm³/mol. The highest BCUT2D eigenvalue weighted by atomic mass is 79.9. The van der Waals surface area contributed by atoms with E-state index in [1.165, 1.54) is 19.3 Å². The molecular formula is C16H25BrCl2N2O. The smallest absolute Gasteiger partial charge is 0.123 e. The van der Waals surface area contributed by atoms with Gasteiger partial charge in [-0.3, -0.25) is 4.90 Å². The van der Waals surface area contributed by atoms with Crippen LogP contribution in [0, 0.1) is 12.8 Å². The summed E-state index contributed by atoms with van der Waals surface area (Å²) in [7, 11) is 0. The van der Waals surface area contributed by atoms with E-state index in [0.717, 1.165) is 47.7 Å². The maximum absolute atomic E-state index is 10.5. The van der Waals surface area contributed by atoms with Crippen LogP contribution in [0.25, 0.3) is 0 Å². The summed E-state index contributed by atoms with van der Waals surface area (Å²) in [6.07, 6.45) is 3.90. The Morgan fingerprint density at radius 2 is 1.91 bits per heavy atom. The Morgan fingerprint density at radius 1 is 1.27 bits per heavy atom. The van der Waals surface area contributed by atoms with E-state index in [1.807, 2.05) is 13.0 Å². The highest BCUT2D eigenvalue weighted by molar-refractivity contribution is 9.10. The van der Waals surface area contributed by atoms with Gasteiger partial charge in [-0.25, -0.2) is 0 Å². The summed E-state index contributed by atoms with van der Waals surface area (Å²) in [5.74, 6) is 1.34. The van der Waals surface area contributed by atoms with Gasteiger partial charge in [0.1, 0.15) is 5.75 Å². The van der Waals surface area contributed by atoms with E-state index in [0.29, 0.717) is 11.8 Å². The highest BCUT2D eigenvalue weighted by Gasteiger charge is 2.32. The fourth-order valence-electron chi connectivity index (χ4n) is 3.15. The minimum atomic E-state index is 0. The molecule has 2 fully saturated rings. The van der Waals surface area contributed by atoms with Crippen LogP contribution in [0.1, 0.15) is 36.4 Å². The monoisotopic (exact) mass is 410 g/mol. The number of rotatable bonds is 4. The van der Waals surface area contributed by atoms with Gasteiger partial charge in [0.2, 0.25) is 0 Å². The van der Waals surface area contributed by atoms with Crippen molar-refractivity contribution in [2.75, 3.05) is 26.2 Å². The van der Waals surface area contributed by atoms with Crippen LogP contribution >= 0.6 is 40.7 Å². The van der Waals surface area contributed by atoms with E-state index in [9.17, 15) is 5.11 Å². The molecule has 6 heteroatoms. The van der Waals surface area contributed by atoms with Gasteiger partial charge in [0.25, 0.3) is 0 Å². The van der Waals surface area contributed by atoms with Gasteiger partial charge in [0, 0.05) is 42.3 Å². The summed E-state index contributed by atoms with van der Waals surface area (Å²) in [5.41, 5.74) is 2.07. The molecule has 2 aliphatic rings. The quantitative estimate of drug-likeness (QED) is 0.784. The second kappa shape index (κ2) is 8.74. The highest BCUT2D eigenvalue weighted by Crippen LogP contribution is 2.43. The third kappa shape index (κ3) is 4.75. The largest absolute Gasteiger partial charge is 0.507 e. The fraction of sp³-hybridized carbons (Fsp3) is 0.625. The Balaban J connectivity index is 0.00000121. The third-order valence-corrected chi connectivity index (χ3v) is 4.96. The molecular weight excluding hydrogens is 387 g/mol. The van der Waals surface area contributed by atoms with Crippen LogP contribution in [-0.2, 0) is 0 Å². The number of phenolic OH excluding ortho intramolecular Hbond substituents is 1. The van der Waals surface area contributed by atoms with Gasteiger partial charge in [-0.05, 0) is 37.0 Å². The van der Waals surface area contributed by atoms with Gasteiger partial charge in [-0.2, -0.15) is 0 Å². The lowest BCUT2D eigenvalue weighted by atomic mass is 9.96. The first-order valence-corrected chi connectivity index (χ1v) is 8.38. The van der Waals surface area contributed by atoms with Crippen LogP contribution in [0.4, 0.5) is 0 Å². The molecule has 1 saturated carbocycles. The topological polar surface area (TPSA) is 35.5 Å². The van der Waals surface area contributed by atoms with Crippen LogP contribution in [0.2, 0.25) is 0 Å². The van der Waals surface area contributed by atoms with Crippen molar-refractivity contribution in [2.24, 2.45) is 5.92 Å². The van der Waals surface area contributed by atoms with Gasteiger partial charge < -0.3 is 10.4 Å². The van der Waals surface area contributed by atoms with Crippen LogP contribution in [0.5, 0.6) is 5.75 Å². The van der Waals surface area contributed by atoms with E-state index in [4.69, 9.17) is 0 Å². The molecule has 0 spiro atoms. The minimum Gasteiger partial charge on any atom is -0.507 e. The van der Waals surface area contributed by atoms with Crippen molar-refractivity contribution in [1.29, 1.82) is 0 Å². The second-order valence-electron chi connectivity index (χ2n) is 6.14. The Hall–Kier alpha value is -0.000000000000000111. The number of halogens is 3. The molecule has 0 radical (unpaired) electrons. The normalized spacial score (nSPS) is 19.9. The molecule has 1 saturated heterocycles. The molecule has 0 bridgehead atoms. The summed E-state index contributed by atoms with van der Waals surface area (Å²) >= 11 is 3.58. The molecule has 3 nitrogen and oxygen atoms in total. The zero-order valence-corrected chi connectivity index (χ0v) is 16.1. The van der Waals surface area contributed by atoms with Crippen LogP contribution in [0.3, 0.4) is 0 Å². The van der Waals surface area contributed by atoms with E-state index >= 15 is 0 Å². The SMILES string of the molecule is Cc1cc(Br)cc([C@H](CC2CC2)N2CCNCC2)c1O.Cl.Cl. The van der Waals surface area contributed by atoms with Crippen molar-refractivity contribution in [1.82, 2.24) is 10.2 Å². The Morgan fingerprint density at radius 3 is 2.50 bits per heavy atom. The number of aromatic hydroxyl groups is 1. The van der Waals surface area contributed by atoms with E-state index in [1.54, 1.807) is 0 Å². The van der Waals surface area contributed by atoms with Crippen LogP contribution in [-0.4, -0.2) is 36.2 Å². The number of phenols is 1. The lowest BCUT2D eigenvalue weighted by Crippen LogP contribution is -2.45. The number of hydrogen-bond acceptors (Lipinski definition) is 3. The maximum atomic E-state index is 10.5. The number of piperazine rings is 1. The zero-order valence-electron chi connectivity index (χ0n) is 12.8. The van der Waals surface area contributed by atoms with Crippen molar-refractivity contribution in [3.8, 4) is 5.75 Å². The minimum absolute atomic E-state index is 0. The summed E-state index contributed by atoms with van der Waals surface area (Å²) in [6.45, 7) is 6.23. The molecule has 0 aromatic heterocycles. The number of nitrogens with one attached hydrogen (secondary N) is 1. The van der Waals surface area contributed by atoms with Crippen molar-refractivity contribution >= 4 is 40.7 Å². The molecule has 1 aromatic rings. The average Bonchev–Trinajstić information content (AvgIpc) is 3.25. The number of nitrogens with zero attached hydrogens (tertiary/aromatic N) is 1. The number of aryl methyl sites for hydroxylation is 1. The van der Waals surface area contributed by atoms with E-state index in [-0.39, 0.29) is 24.8 Å². The Kier molecular flexibility index (Phi) is 7.96. The van der Waals surface area contributed by atoms with Crippen molar-refractivity contribution in [3.05, 3.63) is 27.7 Å². The molecule has 1 atom stereocenters. The molecule has 0 amide bonds. The summed E-state index contributed by atoms with van der Waals surface area (Å²) in [5, 5.41) is 13.9. The molecule has 1 aliphatic heterocycles. The van der Waals surface area contributed by atoms with Crippen LogP contribution in [0.15, 0.2) is 16.6 Å². The first kappa shape index (κ1) is 20.0. The first-order chi connectivity index (χ1) is 9.65. The van der Waals surface area contributed by atoms with Gasteiger partial charge in [0.15, 0.2) is 0 Å². The number of benzene rings is 1. The summed E-state index contributed by atoms with van der Waals surface area (Å²) in [4.78, 5) is 2.54. The van der Waals surface area contributed by atoms with Crippen molar-refractivity contribution < 1.29 is 5.11 Å². The summed E-state index contributed by atoms with van der Waals surface area (Å²) in [6, 6.07) is 4.46. The lowest BCUT2D eigenvalue weighted by molar-refractivity contribution is 0.158. The molecule has 1 aromatic carbocycles. The molecule has 2 N–H and O–H groups in total. The Labute approximate surface area is 153 Å². The first-order valence-electron chi connectivity index (χ1n) is 7.59. The van der Waals surface area contributed by atoms with Crippen molar-refractivity contribution in [2.45, 2.75) is 32.2 Å². The molecule has 3 rings (SSSR count). The predicted octanol–water partition coefficient (Wildman–Crippen LogP) is 4.05. The molecule has 0 unspecified atom stereocenters. The fourth-order valence-corrected chi connectivity index (χ4v) is 3.74. The Bertz CT molecular complexity index is 491. The second-order valence-corrected chi connectivity index (χ2v) is 7.06. The van der Waals surface area contributed by atoms with Gasteiger partial charge >= 0.3 is 0 Å². The van der Waals surface area contributed by atoms with E-state index < -0.39 is 0 Å². The average molecular weight is 412 g/mol. The van der Waals surface area contributed by atoms with Gasteiger partial charge in [-0.15, -0.1) is 24.8 Å². The molecule has 126 valence electrons. The molecule has 1 heterocycles. The van der Waals surface area contributed by atoms with Gasteiger partial charge in [-0.1, -0.05) is 28.8 Å². The third-order valence-electron chi connectivity index (χ3n) is 4.50. The zero-order chi connectivity index (χ0) is 14.1. The molecule has 22 heavy (non-hydrogen) atoms. The summed E-state index contributed by atoms with van der Waals surface area (Å²) < 4.78 is 1.07. The standard InChI is InChI=1S/C16H23BrN2O.2ClH/c1-11-8-13(17)10-14(16(11)20)15(9-12-2-3-12)19-6-4-18-5-7-19;;/h8,10,12,15,18,20H,2-7,9H2,1H3;2*1H/t15-;;/m0../s1. The van der Waals surface area contributed by atoms with Gasteiger partial charge in [0.05, 0.1) is 0 Å².